The Kier molecular flexibility index (Phi) is 10.8. The van der Waals surface area contributed by atoms with E-state index in [2.05, 4.69) is 30.9 Å². The highest BCUT2D eigenvalue weighted by Gasteiger charge is 2.25. The van der Waals surface area contributed by atoms with Gasteiger partial charge >= 0.3 is 0 Å². The van der Waals surface area contributed by atoms with E-state index in [-0.39, 0.29) is 11.5 Å². The van der Waals surface area contributed by atoms with Gasteiger partial charge in [-0.1, -0.05) is 87.6 Å². The number of hydrogen-bond donors (Lipinski definition) is 0. The molecule has 0 aromatic heterocycles. The van der Waals surface area contributed by atoms with Gasteiger partial charge in [0.05, 0.1) is 5.56 Å². The lowest BCUT2D eigenvalue weighted by Crippen LogP contribution is -2.15. The Morgan fingerprint density at radius 2 is 1.47 bits per heavy atom. The number of unbranched alkanes of at least 4 members (excludes halogenated alkanes) is 7. The van der Waals surface area contributed by atoms with Gasteiger partial charge in [0.15, 0.2) is 11.6 Å². The van der Waals surface area contributed by atoms with Crippen molar-refractivity contribution in [3.63, 3.8) is 0 Å². The molecule has 1 aliphatic carbocycles. The lowest BCUT2D eigenvalue weighted by molar-refractivity contribution is 0.233. The number of hydrogen-bond acceptors (Lipinski definition) is 0. The minimum absolute atomic E-state index is 0.0547. The molecule has 0 heterocycles. The fourth-order valence-corrected chi connectivity index (χ4v) is 4.60. The predicted octanol–water partition coefficient (Wildman–Crippen LogP) is 9.51. The summed E-state index contributed by atoms with van der Waals surface area (Å²) in [5.41, 5.74) is 2.27. The van der Waals surface area contributed by atoms with E-state index in [1.54, 1.807) is 12.1 Å². The summed E-state index contributed by atoms with van der Waals surface area (Å²) >= 11 is 0. The predicted molar refractivity (Wildman–Crippen MR) is 137 cm³/mol. The van der Waals surface area contributed by atoms with Gasteiger partial charge in [0.25, 0.3) is 0 Å². The molecule has 0 bridgehead atoms. The maximum absolute atomic E-state index is 14.6. The average Bonchev–Trinajstić information content (AvgIpc) is 2.85. The Morgan fingerprint density at radius 3 is 2.18 bits per heavy atom. The van der Waals surface area contributed by atoms with Crippen molar-refractivity contribution in [1.82, 2.24) is 0 Å². The molecule has 3 rings (SSSR count). The molecule has 0 aliphatic heterocycles. The fraction of sp³-hybridized carbons (Fsp3) is 0.484. The Hall–Kier alpha value is -2.47. The molecule has 182 valence electrons. The summed E-state index contributed by atoms with van der Waals surface area (Å²) in [7, 11) is 0. The van der Waals surface area contributed by atoms with Crippen molar-refractivity contribution >= 4 is 6.08 Å². The zero-order chi connectivity index (χ0) is 24.2. The van der Waals surface area contributed by atoms with Crippen LogP contribution in [-0.4, -0.2) is 6.17 Å². The van der Waals surface area contributed by atoms with Crippen molar-refractivity contribution in [3.05, 3.63) is 76.4 Å². The first kappa shape index (κ1) is 26.1. The van der Waals surface area contributed by atoms with Crippen LogP contribution >= 0.6 is 0 Å². The van der Waals surface area contributed by atoms with Gasteiger partial charge in [-0.05, 0) is 73.8 Å². The summed E-state index contributed by atoms with van der Waals surface area (Å²) in [6.07, 6.45) is 15.7. The molecule has 34 heavy (non-hydrogen) atoms. The van der Waals surface area contributed by atoms with Gasteiger partial charge < -0.3 is 0 Å². The maximum Gasteiger partial charge on any atom is 0.174 e. The molecule has 0 atom stereocenters. The first-order valence-corrected chi connectivity index (χ1v) is 13.0. The molecule has 1 aliphatic rings. The minimum atomic E-state index is -0.905. The van der Waals surface area contributed by atoms with E-state index in [4.69, 9.17) is 0 Å². The molecule has 1 fully saturated rings. The molecule has 0 spiro atoms. The largest absolute Gasteiger partial charge is 0.247 e. The van der Waals surface area contributed by atoms with E-state index >= 15 is 0 Å². The number of benzene rings is 2. The first-order chi connectivity index (χ1) is 16.6. The zero-order valence-electron chi connectivity index (χ0n) is 20.4. The molecular formula is C31H37F3. The summed E-state index contributed by atoms with van der Waals surface area (Å²) in [4.78, 5) is 0. The second-order valence-corrected chi connectivity index (χ2v) is 9.46. The molecular weight excluding hydrogens is 429 g/mol. The Bertz CT molecular complexity index is 970. The van der Waals surface area contributed by atoms with Crippen LogP contribution in [0.15, 0.2) is 42.5 Å². The average molecular weight is 467 g/mol. The Labute approximate surface area is 203 Å². The molecule has 0 N–H and O–H groups in total. The molecule has 0 nitrogen and oxygen atoms in total. The van der Waals surface area contributed by atoms with E-state index in [0.717, 1.165) is 17.5 Å². The van der Waals surface area contributed by atoms with E-state index in [1.165, 1.54) is 44.9 Å². The second kappa shape index (κ2) is 14.1. The van der Waals surface area contributed by atoms with Gasteiger partial charge in [0.1, 0.15) is 6.17 Å². The van der Waals surface area contributed by atoms with E-state index in [0.29, 0.717) is 31.2 Å². The van der Waals surface area contributed by atoms with Crippen molar-refractivity contribution < 1.29 is 13.2 Å². The molecule has 0 saturated heterocycles. The third kappa shape index (κ3) is 8.08. The molecule has 0 amide bonds. The molecule has 0 unspecified atom stereocenters. The molecule has 2 aromatic carbocycles. The fourth-order valence-electron chi connectivity index (χ4n) is 4.60. The van der Waals surface area contributed by atoms with Crippen LogP contribution in [0.25, 0.3) is 6.08 Å². The van der Waals surface area contributed by atoms with Gasteiger partial charge in [0, 0.05) is 5.56 Å². The number of alkyl halides is 1. The maximum atomic E-state index is 14.6. The van der Waals surface area contributed by atoms with Crippen molar-refractivity contribution in [2.75, 3.05) is 0 Å². The van der Waals surface area contributed by atoms with Crippen LogP contribution < -0.4 is 0 Å². The van der Waals surface area contributed by atoms with Crippen LogP contribution in [0.1, 0.15) is 112 Å². The Balaban J connectivity index is 1.51. The van der Waals surface area contributed by atoms with Crippen LogP contribution in [0.2, 0.25) is 0 Å². The van der Waals surface area contributed by atoms with Crippen molar-refractivity contribution in [2.24, 2.45) is 0 Å². The SMILES string of the molecule is CCCCCCCCC/C=C/c1ccc(C#Cc2ccc(C3CCC(F)CC3)c(F)c2F)cc1. The number of halogens is 3. The van der Waals surface area contributed by atoms with Crippen LogP contribution in [0.3, 0.4) is 0 Å². The van der Waals surface area contributed by atoms with Gasteiger partial charge in [-0.3, -0.25) is 0 Å². The minimum Gasteiger partial charge on any atom is -0.247 e. The second-order valence-electron chi connectivity index (χ2n) is 9.46. The molecule has 1 saturated carbocycles. The normalized spacial score (nSPS) is 18.1. The van der Waals surface area contributed by atoms with E-state index in [1.807, 2.05) is 24.3 Å². The zero-order valence-corrected chi connectivity index (χ0v) is 20.4. The standard InChI is InChI=1S/C31H37F3/c1-2-3-4-5-6-7-8-9-10-11-24-12-14-25(15-13-24)16-17-27-20-23-29(31(34)30(27)33)26-18-21-28(32)22-19-26/h10-15,20,23,26,28H,2-9,18-19,21-22H2,1H3/b11-10+. The van der Waals surface area contributed by atoms with Gasteiger partial charge in [-0.15, -0.1) is 0 Å². The summed E-state index contributed by atoms with van der Waals surface area (Å²) in [6, 6.07) is 10.9. The summed E-state index contributed by atoms with van der Waals surface area (Å²) in [5.74, 6) is 3.85. The highest BCUT2D eigenvalue weighted by atomic mass is 19.2. The van der Waals surface area contributed by atoms with Crippen LogP contribution in [0.4, 0.5) is 13.2 Å². The highest BCUT2D eigenvalue weighted by molar-refractivity contribution is 5.52. The number of allylic oxidation sites excluding steroid dienone is 1. The molecule has 2 aromatic rings. The van der Waals surface area contributed by atoms with E-state index < -0.39 is 17.8 Å². The van der Waals surface area contributed by atoms with Gasteiger partial charge in [0.2, 0.25) is 0 Å². The summed E-state index contributed by atoms with van der Waals surface area (Å²) in [5, 5.41) is 0. The van der Waals surface area contributed by atoms with Crippen LogP contribution in [-0.2, 0) is 0 Å². The quantitative estimate of drug-likeness (QED) is 0.241. The van der Waals surface area contributed by atoms with Gasteiger partial charge in [-0.2, -0.15) is 0 Å². The lowest BCUT2D eigenvalue weighted by atomic mass is 9.82. The molecule has 3 heteroatoms. The smallest absolute Gasteiger partial charge is 0.174 e. The Morgan fingerprint density at radius 1 is 0.794 bits per heavy atom. The topological polar surface area (TPSA) is 0 Å². The monoisotopic (exact) mass is 466 g/mol. The van der Waals surface area contributed by atoms with Crippen molar-refractivity contribution in [3.8, 4) is 11.8 Å². The van der Waals surface area contributed by atoms with Crippen molar-refractivity contribution in [1.29, 1.82) is 0 Å². The highest BCUT2D eigenvalue weighted by Crippen LogP contribution is 2.36. The number of rotatable bonds is 10. The summed E-state index contributed by atoms with van der Waals surface area (Å²) < 4.78 is 42.6. The third-order valence-electron chi connectivity index (χ3n) is 6.75. The first-order valence-electron chi connectivity index (χ1n) is 13.0. The molecule has 0 radical (unpaired) electrons. The summed E-state index contributed by atoms with van der Waals surface area (Å²) in [6.45, 7) is 2.24. The van der Waals surface area contributed by atoms with Crippen LogP contribution in [0.5, 0.6) is 0 Å². The lowest BCUT2D eigenvalue weighted by Gasteiger charge is -2.25. The third-order valence-corrected chi connectivity index (χ3v) is 6.75. The van der Waals surface area contributed by atoms with Crippen LogP contribution in [0, 0.1) is 23.5 Å². The van der Waals surface area contributed by atoms with Crippen molar-refractivity contribution in [2.45, 2.75) is 96.1 Å². The van der Waals surface area contributed by atoms with Gasteiger partial charge in [-0.25, -0.2) is 13.2 Å². The van der Waals surface area contributed by atoms with E-state index in [9.17, 15) is 13.2 Å².